The normalized spacial score (nSPS) is 28.6. The smallest absolute Gasteiger partial charge is 0.314 e. The first-order valence-electron chi connectivity index (χ1n) is 5.45. The fraction of sp³-hybridized carbons (Fsp3) is 0.462. The lowest BCUT2D eigenvalue weighted by Crippen LogP contribution is -2.51. The van der Waals surface area contributed by atoms with E-state index < -0.39 is 17.5 Å². The Balaban J connectivity index is 2.53. The highest BCUT2D eigenvalue weighted by Gasteiger charge is 2.52. The van der Waals surface area contributed by atoms with Crippen molar-refractivity contribution in [2.45, 2.75) is 38.2 Å². The maximum absolute atomic E-state index is 11.4. The predicted octanol–water partition coefficient (Wildman–Crippen LogP) is 1.78. The average Bonchev–Trinajstić information content (AvgIpc) is 2.13. The first-order valence-corrected chi connectivity index (χ1v) is 5.45. The molecule has 3 heteroatoms. The standard InChI is InChI=1S/C13H16O3/c1-8-4-3-5-9(2)11(8)13(12(15)16)6-10(14)7-13/h3-5,10,14H,6-7H2,1-2H3,(H,15,16). The highest BCUT2D eigenvalue weighted by atomic mass is 16.4. The van der Waals surface area contributed by atoms with E-state index in [2.05, 4.69) is 0 Å². The second kappa shape index (κ2) is 3.59. The van der Waals surface area contributed by atoms with E-state index in [0.29, 0.717) is 12.8 Å². The maximum Gasteiger partial charge on any atom is 0.314 e. The first-order chi connectivity index (χ1) is 7.47. The number of aliphatic carboxylic acids is 1. The lowest BCUT2D eigenvalue weighted by atomic mass is 9.61. The third-order valence-electron chi connectivity index (χ3n) is 3.54. The van der Waals surface area contributed by atoms with Crippen molar-refractivity contribution in [2.75, 3.05) is 0 Å². The van der Waals surface area contributed by atoms with E-state index in [1.807, 2.05) is 32.0 Å². The molecule has 0 spiro atoms. The van der Waals surface area contributed by atoms with Gasteiger partial charge in [-0.3, -0.25) is 4.79 Å². The molecule has 1 aromatic carbocycles. The largest absolute Gasteiger partial charge is 0.481 e. The molecular weight excluding hydrogens is 204 g/mol. The fourth-order valence-corrected chi connectivity index (χ4v) is 2.80. The highest BCUT2D eigenvalue weighted by Crippen LogP contribution is 2.46. The van der Waals surface area contributed by atoms with Gasteiger partial charge in [0.25, 0.3) is 0 Å². The van der Waals surface area contributed by atoms with Crippen LogP contribution >= 0.6 is 0 Å². The Labute approximate surface area is 94.7 Å². The molecule has 0 aliphatic heterocycles. The van der Waals surface area contributed by atoms with Crippen LogP contribution in [0.1, 0.15) is 29.5 Å². The number of carboxylic acid groups (broad SMARTS) is 1. The van der Waals surface area contributed by atoms with Crippen molar-refractivity contribution < 1.29 is 15.0 Å². The van der Waals surface area contributed by atoms with Crippen LogP contribution < -0.4 is 0 Å². The number of hydrogen-bond acceptors (Lipinski definition) is 2. The van der Waals surface area contributed by atoms with Gasteiger partial charge < -0.3 is 10.2 Å². The number of carbonyl (C=O) groups is 1. The van der Waals surface area contributed by atoms with Crippen molar-refractivity contribution in [3.8, 4) is 0 Å². The van der Waals surface area contributed by atoms with Crippen molar-refractivity contribution >= 4 is 5.97 Å². The Hall–Kier alpha value is -1.35. The van der Waals surface area contributed by atoms with E-state index in [0.717, 1.165) is 16.7 Å². The third kappa shape index (κ3) is 1.43. The summed E-state index contributed by atoms with van der Waals surface area (Å²) in [4.78, 5) is 11.4. The van der Waals surface area contributed by atoms with Gasteiger partial charge in [0.1, 0.15) is 0 Å². The van der Waals surface area contributed by atoms with Gasteiger partial charge in [-0.25, -0.2) is 0 Å². The van der Waals surface area contributed by atoms with Crippen LogP contribution in [0.3, 0.4) is 0 Å². The van der Waals surface area contributed by atoms with Crippen molar-refractivity contribution in [2.24, 2.45) is 0 Å². The Bertz CT molecular complexity index is 411. The summed E-state index contributed by atoms with van der Waals surface area (Å²) in [6.45, 7) is 3.86. The molecule has 0 aromatic heterocycles. The van der Waals surface area contributed by atoms with Gasteiger partial charge in [0, 0.05) is 0 Å². The zero-order valence-electron chi connectivity index (χ0n) is 9.53. The van der Waals surface area contributed by atoms with Crippen LogP contribution in [0.5, 0.6) is 0 Å². The van der Waals surface area contributed by atoms with Crippen LogP contribution in [0.2, 0.25) is 0 Å². The number of rotatable bonds is 2. The SMILES string of the molecule is Cc1cccc(C)c1C1(C(=O)O)CC(O)C1. The summed E-state index contributed by atoms with van der Waals surface area (Å²) < 4.78 is 0. The molecule has 1 aliphatic rings. The van der Waals surface area contributed by atoms with Gasteiger partial charge in [-0.2, -0.15) is 0 Å². The quantitative estimate of drug-likeness (QED) is 0.798. The predicted molar refractivity (Wildman–Crippen MR) is 60.5 cm³/mol. The Morgan fingerprint density at radius 1 is 1.31 bits per heavy atom. The summed E-state index contributed by atoms with van der Waals surface area (Å²) in [6.07, 6.45) is 0.178. The molecule has 1 fully saturated rings. The molecule has 1 saturated carbocycles. The van der Waals surface area contributed by atoms with Crippen LogP contribution in [-0.2, 0) is 10.2 Å². The van der Waals surface area contributed by atoms with Gasteiger partial charge in [0.05, 0.1) is 11.5 Å². The maximum atomic E-state index is 11.4. The monoisotopic (exact) mass is 220 g/mol. The number of aliphatic hydroxyl groups is 1. The Morgan fingerprint density at radius 3 is 2.19 bits per heavy atom. The molecule has 2 rings (SSSR count). The zero-order chi connectivity index (χ0) is 11.9. The van der Waals surface area contributed by atoms with Crippen LogP contribution in [0.25, 0.3) is 0 Å². The van der Waals surface area contributed by atoms with Gasteiger partial charge in [0.15, 0.2) is 0 Å². The molecule has 0 saturated heterocycles. The van der Waals surface area contributed by atoms with E-state index in [1.165, 1.54) is 0 Å². The summed E-state index contributed by atoms with van der Waals surface area (Å²) in [5.41, 5.74) is 2.01. The highest BCUT2D eigenvalue weighted by molar-refractivity contribution is 5.84. The van der Waals surface area contributed by atoms with E-state index in [9.17, 15) is 15.0 Å². The van der Waals surface area contributed by atoms with Gasteiger partial charge in [-0.15, -0.1) is 0 Å². The van der Waals surface area contributed by atoms with E-state index in [4.69, 9.17) is 0 Å². The summed E-state index contributed by atoms with van der Waals surface area (Å²) in [6, 6.07) is 5.79. The molecule has 0 amide bonds. The minimum absolute atomic E-state index is 0.327. The molecule has 16 heavy (non-hydrogen) atoms. The fourth-order valence-electron chi connectivity index (χ4n) is 2.80. The molecular formula is C13H16O3. The van der Waals surface area contributed by atoms with Crippen LogP contribution in [0, 0.1) is 13.8 Å². The summed E-state index contributed by atoms with van der Waals surface area (Å²) in [7, 11) is 0. The number of hydrogen-bond donors (Lipinski definition) is 2. The minimum atomic E-state index is -0.866. The van der Waals surface area contributed by atoms with Crippen LogP contribution in [0.4, 0.5) is 0 Å². The van der Waals surface area contributed by atoms with Crippen molar-refractivity contribution in [3.63, 3.8) is 0 Å². The first kappa shape index (κ1) is 11.1. The molecule has 0 radical (unpaired) electrons. The lowest BCUT2D eigenvalue weighted by molar-refractivity contribution is -0.153. The molecule has 0 bridgehead atoms. The molecule has 2 N–H and O–H groups in total. The summed E-state index contributed by atoms with van der Waals surface area (Å²) in [5, 5.41) is 18.8. The van der Waals surface area contributed by atoms with Gasteiger partial charge in [-0.05, 0) is 43.4 Å². The van der Waals surface area contributed by atoms with Crippen LogP contribution in [0.15, 0.2) is 18.2 Å². The van der Waals surface area contributed by atoms with E-state index in [-0.39, 0.29) is 0 Å². The second-order valence-electron chi connectivity index (χ2n) is 4.72. The number of carboxylic acids is 1. The molecule has 1 aromatic rings. The topological polar surface area (TPSA) is 57.5 Å². The van der Waals surface area contributed by atoms with Gasteiger partial charge in [0.2, 0.25) is 0 Å². The number of aryl methyl sites for hydroxylation is 2. The zero-order valence-corrected chi connectivity index (χ0v) is 9.53. The lowest BCUT2D eigenvalue weighted by Gasteiger charge is -2.43. The van der Waals surface area contributed by atoms with Gasteiger partial charge in [-0.1, -0.05) is 18.2 Å². The number of aliphatic hydroxyl groups excluding tert-OH is 1. The van der Waals surface area contributed by atoms with Crippen molar-refractivity contribution in [3.05, 3.63) is 34.9 Å². The molecule has 3 nitrogen and oxygen atoms in total. The minimum Gasteiger partial charge on any atom is -0.481 e. The molecule has 0 heterocycles. The summed E-state index contributed by atoms with van der Waals surface area (Å²) >= 11 is 0. The molecule has 86 valence electrons. The molecule has 0 unspecified atom stereocenters. The number of benzene rings is 1. The Kier molecular flexibility index (Phi) is 2.50. The van der Waals surface area contributed by atoms with E-state index in [1.54, 1.807) is 0 Å². The van der Waals surface area contributed by atoms with Gasteiger partial charge >= 0.3 is 5.97 Å². The Morgan fingerprint density at radius 2 is 1.81 bits per heavy atom. The average molecular weight is 220 g/mol. The molecule has 0 atom stereocenters. The third-order valence-corrected chi connectivity index (χ3v) is 3.54. The van der Waals surface area contributed by atoms with Crippen molar-refractivity contribution in [1.82, 2.24) is 0 Å². The molecule has 1 aliphatic carbocycles. The summed E-state index contributed by atoms with van der Waals surface area (Å²) in [5.74, 6) is -0.824. The van der Waals surface area contributed by atoms with Crippen LogP contribution in [-0.4, -0.2) is 22.3 Å². The second-order valence-corrected chi connectivity index (χ2v) is 4.72. The van der Waals surface area contributed by atoms with E-state index >= 15 is 0 Å². The van der Waals surface area contributed by atoms with Crippen molar-refractivity contribution in [1.29, 1.82) is 0 Å².